The molecule has 1 aromatic heterocycles. The van der Waals surface area contributed by atoms with Crippen molar-refractivity contribution in [1.29, 1.82) is 0 Å². The Labute approximate surface area is 115 Å². The van der Waals surface area contributed by atoms with Crippen molar-refractivity contribution in [1.82, 2.24) is 9.88 Å². The Hall–Kier alpha value is -1.18. The van der Waals surface area contributed by atoms with Gasteiger partial charge in [0.1, 0.15) is 4.88 Å². The van der Waals surface area contributed by atoms with Crippen molar-refractivity contribution in [2.45, 2.75) is 0 Å². The van der Waals surface area contributed by atoms with Crippen LogP contribution in [0, 0.1) is 11.3 Å². The number of methoxy groups -OCH3 is 1. The van der Waals surface area contributed by atoms with E-state index in [2.05, 4.69) is 4.98 Å². The van der Waals surface area contributed by atoms with Crippen molar-refractivity contribution < 1.29 is 14.3 Å². The smallest absolute Gasteiger partial charge is 0.265 e. The molecule has 19 heavy (non-hydrogen) atoms. The second-order valence-corrected chi connectivity index (χ2v) is 6.32. The van der Waals surface area contributed by atoms with Gasteiger partial charge in [0.05, 0.1) is 26.0 Å². The largest absolute Gasteiger partial charge is 0.384 e. The number of carbonyl (C=O) groups excluding carboxylic acids is 1. The number of fused-ring (bicyclic) bond motifs is 1. The first kappa shape index (κ1) is 12.8. The molecule has 2 aliphatic rings. The molecule has 1 aromatic rings. The maximum Gasteiger partial charge on any atom is 0.265 e. The van der Waals surface area contributed by atoms with Gasteiger partial charge in [-0.25, -0.2) is 4.98 Å². The molecule has 0 bridgehead atoms. The fourth-order valence-corrected chi connectivity index (χ4v) is 3.67. The van der Waals surface area contributed by atoms with Crippen molar-refractivity contribution in [2.75, 3.05) is 45.8 Å². The maximum atomic E-state index is 12.4. The number of thiazole rings is 1. The third kappa shape index (κ3) is 2.11. The molecule has 0 unspecified atom stereocenters. The molecule has 1 amide bonds. The molecule has 0 spiro atoms. The van der Waals surface area contributed by atoms with Crippen molar-refractivity contribution in [3.8, 4) is 0 Å². The summed E-state index contributed by atoms with van der Waals surface area (Å²) in [7, 11) is 1.69. The summed E-state index contributed by atoms with van der Waals surface area (Å²) in [5, 5.41) is 0.428. The molecule has 0 saturated carbocycles. The van der Waals surface area contributed by atoms with E-state index in [4.69, 9.17) is 15.2 Å². The summed E-state index contributed by atoms with van der Waals surface area (Å²) in [6, 6.07) is 0. The van der Waals surface area contributed by atoms with Gasteiger partial charge in [-0.1, -0.05) is 11.3 Å². The first-order valence-corrected chi connectivity index (χ1v) is 7.03. The highest BCUT2D eigenvalue weighted by molar-refractivity contribution is 7.17. The first-order chi connectivity index (χ1) is 9.14. The Morgan fingerprint density at radius 2 is 2.63 bits per heavy atom. The molecule has 0 radical (unpaired) electrons. The zero-order chi connectivity index (χ0) is 13.5. The molecule has 2 N–H and O–H groups in total. The third-order valence-corrected chi connectivity index (χ3v) is 4.79. The average Bonchev–Trinajstić information content (AvgIpc) is 3.02. The monoisotopic (exact) mass is 283 g/mol. The van der Waals surface area contributed by atoms with Gasteiger partial charge in [0.2, 0.25) is 0 Å². The second-order valence-electron chi connectivity index (χ2n) is 5.26. The fourth-order valence-electron chi connectivity index (χ4n) is 3.02. The number of anilines is 1. The van der Waals surface area contributed by atoms with Crippen molar-refractivity contribution >= 4 is 22.4 Å². The van der Waals surface area contributed by atoms with Gasteiger partial charge in [-0.2, -0.15) is 0 Å². The molecule has 104 valence electrons. The molecule has 2 atom stereocenters. The number of likely N-dealkylation sites (tertiary alicyclic amines) is 1. The van der Waals surface area contributed by atoms with Crippen LogP contribution in [0.15, 0.2) is 6.20 Å². The minimum absolute atomic E-state index is 0.0130. The number of ether oxygens (including phenoxy) is 2. The number of nitrogens with two attached hydrogens (primary N) is 1. The minimum atomic E-state index is -0.0410. The predicted molar refractivity (Wildman–Crippen MR) is 71.0 cm³/mol. The van der Waals surface area contributed by atoms with E-state index in [-0.39, 0.29) is 11.3 Å². The Kier molecular flexibility index (Phi) is 3.20. The lowest BCUT2D eigenvalue weighted by atomic mass is 9.82. The van der Waals surface area contributed by atoms with Crippen LogP contribution in [0.4, 0.5) is 5.13 Å². The molecular weight excluding hydrogens is 266 g/mol. The lowest BCUT2D eigenvalue weighted by Gasteiger charge is -2.25. The highest BCUT2D eigenvalue weighted by atomic mass is 32.1. The summed E-state index contributed by atoms with van der Waals surface area (Å²) in [6.07, 6.45) is 1.55. The van der Waals surface area contributed by atoms with Crippen molar-refractivity contribution in [3.05, 3.63) is 11.1 Å². The molecule has 3 rings (SSSR count). The normalized spacial score (nSPS) is 29.7. The van der Waals surface area contributed by atoms with Gasteiger partial charge in [-0.3, -0.25) is 4.79 Å². The number of hydrogen-bond acceptors (Lipinski definition) is 6. The summed E-state index contributed by atoms with van der Waals surface area (Å²) >= 11 is 1.24. The molecule has 2 saturated heterocycles. The molecule has 7 heteroatoms. The number of nitrogens with zero attached hydrogens (tertiary/aromatic N) is 2. The van der Waals surface area contributed by atoms with Gasteiger partial charge in [0.15, 0.2) is 5.13 Å². The van der Waals surface area contributed by atoms with Gasteiger partial charge in [0.25, 0.3) is 5.91 Å². The van der Waals surface area contributed by atoms with E-state index in [0.717, 1.165) is 6.54 Å². The summed E-state index contributed by atoms with van der Waals surface area (Å²) in [4.78, 5) is 18.8. The zero-order valence-corrected chi connectivity index (χ0v) is 11.6. The second kappa shape index (κ2) is 4.73. The Bertz CT molecular complexity index is 492. The lowest BCUT2D eigenvalue weighted by molar-refractivity contribution is 0.0490. The molecular formula is C12H17N3O3S. The van der Waals surface area contributed by atoms with Gasteiger partial charge in [0, 0.05) is 31.5 Å². The molecule has 2 aliphatic heterocycles. The maximum absolute atomic E-state index is 12.4. The van der Waals surface area contributed by atoms with E-state index in [1.54, 1.807) is 13.3 Å². The lowest BCUT2D eigenvalue weighted by Crippen LogP contribution is -2.36. The first-order valence-electron chi connectivity index (χ1n) is 6.22. The summed E-state index contributed by atoms with van der Waals surface area (Å²) < 4.78 is 10.9. The van der Waals surface area contributed by atoms with Crippen LogP contribution in [-0.4, -0.2) is 55.8 Å². The number of aromatic nitrogens is 1. The van der Waals surface area contributed by atoms with Gasteiger partial charge >= 0.3 is 0 Å². The van der Waals surface area contributed by atoms with Crippen molar-refractivity contribution in [2.24, 2.45) is 11.3 Å². The van der Waals surface area contributed by atoms with Gasteiger partial charge < -0.3 is 20.1 Å². The van der Waals surface area contributed by atoms with E-state index >= 15 is 0 Å². The standard InChI is InChI=1S/C12H17N3O3S/c1-17-6-12-5-15(3-8(12)4-18-7-12)10(16)9-2-14-11(13)19-9/h2,8H,3-7H2,1H3,(H2,13,14)/t8-,12-/m0/s1. The number of amides is 1. The van der Waals surface area contributed by atoms with E-state index < -0.39 is 0 Å². The van der Waals surface area contributed by atoms with Crippen molar-refractivity contribution in [3.63, 3.8) is 0 Å². The van der Waals surface area contributed by atoms with Gasteiger partial charge in [-0.15, -0.1) is 0 Å². The van der Waals surface area contributed by atoms with E-state index in [1.807, 2.05) is 4.90 Å². The van der Waals surface area contributed by atoms with Crippen LogP contribution in [0.5, 0.6) is 0 Å². The molecule has 3 heterocycles. The van der Waals surface area contributed by atoms with Crippen LogP contribution in [0.25, 0.3) is 0 Å². The Balaban J connectivity index is 1.76. The average molecular weight is 283 g/mol. The Morgan fingerprint density at radius 1 is 1.79 bits per heavy atom. The summed E-state index contributed by atoms with van der Waals surface area (Å²) in [5.74, 6) is 0.376. The van der Waals surface area contributed by atoms with Crippen LogP contribution >= 0.6 is 11.3 Å². The Morgan fingerprint density at radius 3 is 3.32 bits per heavy atom. The topological polar surface area (TPSA) is 77.7 Å². The molecule has 2 fully saturated rings. The number of hydrogen-bond donors (Lipinski definition) is 1. The van der Waals surface area contributed by atoms with Crippen LogP contribution in [0.3, 0.4) is 0 Å². The minimum Gasteiger partial charge on any atom is -0.384 e. The zero-order valence-electron chi connectivity index (χ0n) is 10.8. The molecule has 0 aromatic carbocycles. The van der Waals surface area contributed by atoms with Crippen LogP contribution in [0.2, 0.25) is 0 Å². The van der Waals surface area contributed by atoms with Crippen LogP contribution in [0.1, 0.15) is 9.67 Å². The number of nitrogen functional groups attached to an aromatic ring is 1. The highest BCUT2D eigenvalue weighted by Gasteiger charge is 2.52. The van der Waals surface area contributed by atoms with E-state index in [1.165, 1.54) is 11.3 Å². The molecule has 0 aliphatic carbocycles. The quantitative estimate of drug-likeness (QED) is 0.872. The van der Waals surface area contributed by atoms with Crippen LogP contribution < -0.4 is 5.73 Å². The van der Waals surface area contributed by atoms with Crippen LogP contribution in [-0.2, 0) is 9.47 Å². The van der Waals surface area contributed by atoms with E-state index in [0.29, 0.717) is 42.3 Å². The predicted octanol–water partition coefficient (Wildman–Crippen LogP) is 0.460. The van der Waals surface area contributed by atoms with E-state index in [9.17, 15) is 4.79 Å². The van der Waals surface area contributed by atoms with Gasteiger partial charge in [-0.05, 0) is 0 Å². The molecule has 6 nitrogen and oxygen atoms in total. The SMILES string of the molecule is COC[C@@]12COC[C@@H]1CN(C(=O)c1cnc(N)s1)C2. The summed E-state index contributed by atoms with van der Waals surface area (Å²) in [6.45, 7) is 3.41. The number of rotatable bonds is 3. The highest BCUT2D eigenvalue weighted by Crippen LogP contribution is 2.42. The number of carbonyl (C=O) groups is 1. The third-order valence-electron chi connectivity index (χ3n) is 3.97. The summed E-state index contributed by atoms with van der Waals surface area (Å²) in [5.41, 5.74) is 5.54. The fraction of sp³-hybridized carbons (Fsp3) is 0.667.